The lowest BCUT2D eigenvalue weighted by Gasteiger charge is -2.16. The van der Waals surface area contributed by atoms with Crippen molar-refractivity contribution in [3.05, 3.63) is 53.6 Å². The lowest BCUT2D eigenvalue weighted by molar-refractivity contribution is -0.122. The van der Waals surface area contributed by atoms with Gasteiger partial charge >= 0.3 is 0 Å². The Morgan fingerprint density at radius 3 is 2.61 bits per heavy atom. The number of hydrogen-bond acceptors (Lipinski definition) is 6. The highest BCUT2D eigenvalue weighted by Crippen LogP contribution is 2.27. The number of aryl methyl sites for hydroxylation is 1. The molecule has 7 nitrogen and oxygen atoms in total. The summed E-state index contributed by atoms with van der Waals surface area (Å²) in [6.45, 7) is 8.15. The summed E-state index contributed by atoms with van der Waals surface area (Å²) < 4.78 is 16.1. The highest BCUT2D eigenvalue weighted by molar-refractivity contribution is 5.96. The molecule has 0 aliphatic rings. The number of rotatable bonds is 7. The predicted molar refractivity (Wildman–Crippen MR) is 106 cm³/mol. The number of aromatic nitrogens is 2. The first-order valence-electron chi connectivity index (χ1n) is 9.09. The number of carbonyl (C=O) groups excluding carboxylic acids is 1. The van der Waals surface area contributed by atoms with Gasteiger partial charge in [0.1, 0.15) is 11.5 Å². The third kappa shape index (κ3) is 4.31. The van der Waals surface area contributed by atoms with Crippen molar-refractivity contribution in [3.8, 4) is 22.8 Å². The molecule has 0 saturated carbocycles. The van der Waals surface area contributed by atoms with Gasteiger partial charge in [0.15, 0.2) is 11.8 Å². The predicted octanol–water partition coefficient (Wildman–Crippen LogP) is 4.16. The second-order valence-corrected chi connectivity index (χ2v) is 6.37. The Labute approximate surface area is 163 Å². The zero-order valence-electron chi connectivity index (χ0n) is 16.4. The Morgan fingerprint density at radius 1 is 1.14 bits per heavy atom. The number of hydrogen-bond donors (Lipinski definition) is 1. The van der Waals surface area contributed by atoms with Gasteiger partial charge < -0.3 is 14.8 Å². The van der Waals surface area contributed by atoms with Crippen LogP contribution in [0.3, 0.4) is 0 Å². The molecule has 0 aliphatic heterocycles. The number of anilines is 1. The minimum atomic E-state index is -0.717. The van der Waals surface area contributed by atoms with E-state index in [1.165, 1.54) is 0 Å². The number of benzene rings is 2. The summed E-state index contributed by atoms with van der Waals surface area (Å²) in [6.07, 6.45) is -0.717. The molecule has 7 heteroatoms. The average molecular weight is 381 g/mol. The Morgan fingerprint density at radius 2 is 1.89 bits per heavy atom. The standard InChI is InChI=1S/C21H23N3O4/c1-5-26-17-11-9-16(10-12-17)19-20(24-28-23-19)22-21(25)15(4)27-18-8-6-7-13(2)14(18)3/h6-12,15H,5H2,1-4H3,(H,22,24,25)/t15-/m0/s1. The Hall–Kier alpha value is -3.35. The molecule has 3 aromatic rings. The quantitative estimate of drug-likeness (QED) is 0.661. The molecule has 1 atom stereocenters. The van der Waals surface area contributed by atoms with Crippen LogP contribution in [0.25, 0.3) is 11.3 Å². The molecule has 0 bridgehead atoms. The van der Waals surface area contributed by atoms with Gasteiger partial charge in [-0.25, -0.2) is 4.63 Å². The molecular formula is C21H23N3O4. The monoisotopic (exact) mass is 381 g/mol. The van der Waals surface area contributed by atoms with Crippen molar-refractivity contribution in [3.63, 3.8) is 0 Å². The second-order valence-electron chi connectivity index (χ2n) is 6.37. The molecule has 146 valence electrons. The van der Waals surface area contributed by atoms with Gasteiger partial charge in [0.25, 0.3) is 5.91 Å². The van der Waals surface area contributed by atoms with Gasteiger partial charge in [-0.2, -0.15) is 0 Å². The molecule has 3 rings (SSSR count). The Kier molecular flexibility index (Phi) is 5.93. The van der Waals surface area contributed by atoms with E-state index in [9.17, 15) is 4.79 Å². The fraction of sp³-hybridized carbons (Fsp3) is 0.286. The van der Waals surface area contributed by atoms with Crippen LogP contribution in [0, 0.1) is 13.8 Å². The van der Waals surface area contributed by atoms with Crippen molar-refractivity contribution < 1.29 is 18.9 Å². The van der Waals surface area contributed by atoms with E-state index in [1.54, 1.807) is 6.92 Å². The summed E-state index contributed by atoms with van der Waals surface area (Å²) >= 11 is 0. The van der Waals surface area contributed by atoms with E-state index in [4.69, 9.17) is 14.1 Å². The molecule has 0 radical (unpaired) electrons. The molecule has 1 N–H and O–H groups in total. The summed E-state index contributed by atoms with van der Waals surface area (Å²) in [7, 11) is 0. The lowest BCUT2D eigenvalue weighted by Crippen LogP contribution is -2.30. The van der Waals surface area contributed by atoms with Crippen molar-refractivity contribution in [2.75, 3.05) is 11.9 Å². The van der Waals surface area contributed by atoms with Gasteiger partial charge in [-0.1, -0.05) is 12.1 Å². The first kappa shape index (κ1) is 19.4. The largest absolute Gasteiger partial charge is 0.494 e. The number of nitrogens with one attached hydrogen (secondary N) is 1. The summed E-state index contributed by atoms with van der Waals surface area (Å²) in [5.74, 6) is 1.32. The van der Waals surface area contributed by atoms with Crippen molar-refractivity contribution in [1.29, 1.82) is 0 Å². The lowest BCUT2D eigenvalue weighted by atomic mass is 10.1. The molecule has 0 saturated heterocycles. The van der Waals surface area contributed by atoms with E-state index in [2.05, 4.69) is 15.6 Å². The molecular weight excluding hydrogens is 358 g/mol. The summed E-state index contributed by atoms with van der Waals surface area (Å²) in [5.41, 5.74) is 3.29. The van der Waals surface area contributed by atoms with E-state index in [0.717, 1.165) is 22.4 Å². The maximum atomic E-state index is 12.6. The molecule has 1 heterocycles. The molecule has 1 aromatic heterocycles. The van der Waals surface area contributed by atoms with Crippen molar-refractivity contribution >= 4 is 11.7 Å². The van der Waals surface area contributed by atoms with Crippen LogP contribution in [0.1, 0.15) is 25.0 Å². The van der Waals surface area contributed by atoms with Crippen LogP contribution < -0.4 is 14.8 Å². The Balaban J connectivity index is 1.71. The zero-order valence-corrected chi connectivity index (χ0v) is 16.4. The van der Waals surface area contributed by atoms with E-state index in [1.807, 2.05) is 63.2 Å². The van der Waals surface area contributed by atoms with Gasteiger partial charge in [0.05, 0.1) is 6.61 Å². The normalized spacial score (nSPS) is 11.7. The van der Waals surface area contributed by atoms with Gasteiger partial charge in [0, 0.05) is 5.56 Å². The van der Waals surface area contributed by atoms with E-state index in [-0.39, 0.29) is 11.7 Å². The maximum Gasteiger partial charge on any atom is 0.266 e. The third-order valence-corrected chi connectivity index (χ3v) is 4.40. The number of amides is 1. The zero-order chi connectivity index (χ0) is 20.1. The minimum Gasteiger partial charge on any atom is -0.494 e. The Bertz CT molecular complexity index is 951. The fourth-order valence-electron chi connectivity index (χ4n) is 2.65. The van der Waals surface area contributed by atoms with Gasteiger partial charge in [-0.05, 0) is 79.5 Å². The average Bonchev–Trinajstić information content (AvgIpc) is 3.14. The second kappa shape index (κ2) is 8.56. The van der Waals surface area contributed by atoms with Crippen molar-refractivity contribution in [2.45, 2.75) is 33.8 Å². The third-order valence-electron chi connectivity index (χ3n) is 4.40. The van der Waals surface area contributed by atoms with Crippen LogP contribution >= 0.6 is 0 Å². The molecule has 0 spiro atoms. The van der Waals surface area contributed by atoms with E-state index < -0.39 is 6.10 Å². The molecule has 0 aliphatic carbocycles. The topological polar surface area (TPSA) is 86.5 Å². The van der Waals surface area contributed by atoms with Gasteiger partial charge in [-0.3, -0.25) is 4.79 Å². The van der Waals surface area contributed by atoms with Crippen LogP contribution in [0.15, 0.2) is 47.1 Å². The summed E-state index contributed by atoms with van der Waals surface area (Å²) in [6, 6.07) is 13.0. The maximum absolute atomic E-state index is 12.6. The molecule has 28 heavy (non-hydrogen) atoms. The molecule has 0 fully saturated rings. The SMILES string of the molecule is CCOc1ccc(-c2nonc2NC(=O)[C@H](C)Oc2cccc(C)c2C)cc1. The van der Waals surface area contributed by atoms with Crippen LogP contribution in [-0.4, -0.2) is 28.9 Å². The summed E-state index contributed by atoms with van der Waals surface area (Å²) in [5, 5.41) is 10.4. The van der Waals surface area contributed by atoms with Crippen LogP contribution in [0.5, 0.6) is 11.5 Å². The highest BCUT2D eigenvalue weighted by atomic mass is 16.6. The van der Waals surface area contributed by atoms with Gasteiger partial charge in [0.2, 0.25) is 5.82 Å². The number of ether oxygens (including phenoxy) is 2. The first-order valence-corrected chi connectivity index (χ1v) is 9.09. The number of carbonyl (C=O) groups is 1. The van der Waals surface area contributed by atoms with E-state index >= 15 is 0 Å². The molecule has 1 amide bonds. The first-order chi connectivity index (χ1) is 13.5. The fourth-order valence-corrected chi connectivity index (χ4v) is 2.65. The van der Waals surface area contributed by atoms with E-state index in [0.29, 0.717) is 18.1 Å². The number of nitrogens with zero attached hydrogens (tertiary/aromatic N) is 2. The smallest absolute Gasteiger partial charge is 0.266 e. The highest BCUT2D eigenvalue weighted by Gasteiger charge is 2.21. The minimum absolute atomic E-state index is 0.241. The van der Waals surface area contributed by atoms with Crippen molar-refractivity contribution in [1.82, 2.24) is 10.3 Å². The molecule has 2 aromatic carbocycles. The summed E-state index contributed by atoms with van der Waals surface area (Å²) in [4.78, 5) is 12.6. The molecule has 0 unspecified atom stereocenters. The van der Waals surface area contributed by atoms with Crippen LogP contribution in [0.4, 0.5) is 5.82 Å². The van der Waals surface area contributed by atoms with Gasteiger partial charge in [-0.15, -0.1) is 0 Å². The van der Waals surface area contributed by atoms with Crippen molar-refractivity contribution in [2.24, 2.45) is 0 Å². The van der Waals surface area contributed by atoms with Crippen LogP contribution in [-0.2, 0) is 4.79 Å². The van der Waals surface area contributed by atoms with Crippen LogP contribution in [0.2, 0.25) is 0 Å².